The van der Waals surface area contributed by atoms with E-state index in [9.17, 15) is 12.6 Å². The smallest absolute Gasteiger partial charge is 0.227 e. The molecule has 1 unspecified atom stereocenters. The van der Waals surface area contributed by atoms with Gasteiger partial charge in [0.2, 0.25) is 10.0 Å². The van der Waals surface area contributed by atoms with Crippen molar-refractivity contribution in [1.82, 2.24) is 4.31 Å². The van der Waals surface area contributed by atoms with Crippen LogP contribution in [0.25, 0.3) is 0 Å². The molecule has 0 saturated carbocycles. The monoisotopic (exact) mass is 236 g/mol. The fraction of sp³-hybridized carbons (Fsp3) is 0.857. The molecule has 0 spiro atoms. The van der Waals surface area contributed by atoms with Gasteiger partial charge in [-0.25, -0.2) is 12.7 Å². The summed E-state index contributed by atoms with van der Waals surface area (Å²) in [6.07, 6.45) is 0.608. The number of rotatable bonds is 2. The zero-order valence-electron chi connectivity index (χ0n) is 7.68. The highest BCUT2D eigenvalue weighted by atomic mass is 32.2. The molecule has 1 saturated heterocycles. The Morgan fingerprint density at radius 1 is 1.36 bits per heavy atom. The number of hydrogen-bond donors (Lipinski definition) is 0. The summed E-state index contributed by atoms with van der Waals surface area (Å²) in [5.41, 5.74) is 0. The summed E-state index contributed by atoms with van der Waals surface area (Å²) in [6.45, 7) is 0.659. The molecule has 0 aromatic heterocycles. The Hall–Kier alpha value is -0.450. The van der Waals surface area contributed by atoms with Crippen LogP contribution in [0.3, 0.4) is 0 Å². The molecule has 1 aliphatic rings. The average molecular weight is 236 g/mol. The standard InChI is InChI=1S/C7H12N2O3S2/c8-2-7-14(11,12)9-3-1-5-13(10)6-4-9/h1,3-7H2. The topological polar surface area (TPSA) is 78.2 Å². The van der Waals surface area contributed by atoms with Gasteiger partial charge >= 0.3 is 0 Å². The summed E-state index contributed by atoms with van der Waals surface area (Å²) in [6, 6.07) is 1.63. The number of sulfonamides is 1. The van der Waals surface area contributed by atoms with E-state index in [1.807, 2.05) is 0 Å². The normalized spacial score (nSPS) is 25.2. The van der Waals surface area contributed by atoms with E-state index >= 15 is 0 Å². The highest BCUT2D eigenvalue weighted by Crippen LogP contribution is 2.07. The van der Waals surface area contributed by atoms with E-state index in [1.54, 1.807) is 6.07 Å². The summed E-state index contributed by atoms with van der Waals surface area (Å²) >= 11 is 0. The zero-order chi connectivity index (χ0) is 10.6. The molecule has 1 aliphatic heterocycles. The Morgan fingerprint density at radius 3 is 2.71 bits per heavy atom. The van der Waals surface area contributed by atoms with Crippen LogP contribution in [0.4, 0.5) is 0 Å². The highest BCUT2D eigenvalue weighted by molar-refractivity contribution is 7.89. The fourth-order valence-corrected chi connectivity index (χ4v) is 3.59. The Morgan fingerprint density at radius 2 is 2.07 bits per heavy atom. The highest BCUT2D eigenvalue weighted by Gasteiger charge is 2.24. The van der Waals surface area contributed by atoms with Gasteiger partial charge in [0, 0.05) is 35.4 Å². The largest absolute Gasteiger partial charge is 0.260 e. The van der Waals surface area contributed by atoms with Crippen LogP contribution in [0.1, 0.15) is 6.42 Å². The Balaban J connectivity index is 2.69. The molecular weight excluding hydrogens is 224 g/mol. The van der Waals surface area contributed by atoms with Crippen molar-refractivity contribution in [2.45, 2.75) is 6.42 Å². The minimum Gasteiger partial charge on any atom is -0.260 e. The second kappa shape index (κ2) is 4.87. The second-order valence-electron chi connectivity index (χ2n) is 3.02. The van der Waals surface area contributed by atoms with E-state index in [0.717, 1.165) is 0 Å². The second-order valence-corrected chi connectivity index (χ2v) is 6.68. The van der Waals surface area contributed by atoms with Crippen molar-refractivity contribution in [2.24, 2.45) is 0 Å². The summed E-state index contributed by atoms with van der Waals surface area (Å²) in [5, 5.41) is 8.34. The number of hydrogen-bond acceptors (Lipinski definition) is 4. The van der Waals surface area contributed by atoms with Crippen LogP contribution in [-0.4, -0.2) is 47.3 Å². The van der Waals surface area contributed by atoms with Gasteiger partial charge in [-0.3, -0.25) is 4.21 Å². The van der Waals surface area contributed by atoms with Crippen LogP contribution in [0.2, 0.25) is 0 Å². The van der Waals surface area contributed by atoms with Crippen molar-refractivity contribution in [1.29, 1.82) is 5.26 Å². The molecule has 1 rings (SSSR count). The van der Waals surface area contributed by atoms with Gasteiger partial charge in [-0.05, 0) is 6.42 Å². The van der Waals surface area contributed by atoms with Crippen LogP contribution >= 0.6 is 0 Å². The Bertz CT molecular complexity index is 358. The minimum atomic E-state index is -3.44. The molecule has 0 aliphatic carbocycles. The minimum absolute atomic E-state index is 0.274. The molecule has 1 heterocycles. The van der Waals surface area contributed by atoms with Crippen molar-refractivity contribution >= 4 is 20.8 Å². The summed E-state index contributed by atoms with van der Waals surface area (Å²) in [5.74, 6) is 0.447. The Labute approximate surface area is 86.2 Å². The molecule has 0 aromatic rings. The first-order chi connectivity index (χ1) is 6.56. The number of nitriles is 1. The van der Waals surface area contributed by atoms with Crippen molar-refractivity contribution in [2.75, 3.05) is 30.3 Å². The van der Waals surface area contributed by atoms with E-state index < -0.39 is 26.6 Å². The maximum atomic E-state index is 11.4. The third-order valence-corrected chi connectivity index (χ3v) is 5.02. The van der Waals surface area contributed by atoms with E-state index in [-0.39, 0.29) is 6.54 Å². The van der Waals surface area contributed by atoms with Gasteiger partial charge in [0.05, 0.1) is 6.07 Å². The molecule has 14 heavy (non-hydrogen) atoms. The SMILES string of the molecule is N#CCS(=O)(=O)N1CCCS(=O)CC1. The van der Waals surface area contributed by atoms with E-state index in [0.29, 0.717) is 24.5 Å². The summed E-state index contributed by atoms with van der Waals surface area (Å²) in [7, 11) is -4.35. The molecule has 80 valence electrons. The first-order valence-corrected chi connectivity index (χ1v) is 7.36. The predicted octanol–water partition coefficient (Wildman–Crippen LogP) is -0.706. The lowest BCUT2D eigenvalue weighted by atomic mass is 10.5. The predicted molar refractivity (Wildman–Crippen MR) is 53.5 cm³/mol. The molecule has 7 heteroatoms. The molecule has 1 fully saturated rings. The molecule has 0 N–H and O–H groups in total. The van der Waals surface area contributed by atoms with Crippen molar-refractivity contribution in [3.63, 3.8) is 0 Å². The lowest BCUT2D eigenvalue weighted by Gasteiger charge is -2.16. The van der Waals surface area contributed by atoms with Gasteiger partial charge in [0.15, 0.2) is 5.75 Å². The zero-order valence-corrected chi connectivity index (χ0v) is 9.31. The Kier molecular flexibility index (Phi) is 4.04. The molecule has 0 amide bonds. The fourth-order valence-electron chi connectivity index (χ4n) is 1.27. The molecule has 5 nitrogen and oxygen atoms in total. The first kappa shape index (κ1) is 11.6. The lowest BCUT2D eigenvalue weighted by Crippen LogP contribution is -2.34. The third-order valence-electron chi connectivity index (χ3n) is 1.99. The maximum absolute atomic E-state index is 11.4. The average Bonchev–Trinajstić information content (AvgIpc) is 2.30. The van der Waals surface area contributed by atoms with Gasteiger partial charge in [0.1, 0.15) is 0 Å². The third kappa shape index (κ3) is 3.04. The molecule has 1 atom stereocenters. The summed E-state index contributed by atoms with van der Waals surface area (Å²) in [4.78, 5) is 0. The van der Waals surface area contributed by atoms with Gasteiger partial charge in [-0.15, -0.1) is 0 Å². The van der Waals surface area contributed by atoms with Crippen LogP contribution in [0.5, 0.6) is 0 Å². The quantitative estimate of drug-likeness (QED) is 0.635. The van der Waals surface area contributed by atoms with E-state index in [1.165, 1.54) is 4.31 Å². The van der Waals surface area contributed by atoms with Crippen LogP contribution < -0.4 is 0 Å². The van der Waals surface area contributed by atoms with Crippen LogP contribution in [0, 0.1) is 11.3 Å². The molecular formula is C7H12N2O3S2. The van der Waals surface area contributed by atoms with Gasteiger partial charge in [0.25, 0.3) is 0 Å². The van der Waals surface area contributed by atoms with E-state index in [2.05, 4.69) is 0 Å². The number of nitrogens with zero attached hydrogens (tertiary/aromatic N) is 2. The van der Waals surface area contributed by atoms with Crippen molar-refractivity contribution in [3.05, 3.63) is 0 Å². The maximum Gasteiger partial charge on any atom is 0.227 e. The first-order valence-electron chi connectivity index (χ1n) is 4.26. The van der Waals surface area contributed by atoms with Gasteiger partial charge < -0.3 is 0 Å². The summed E-state index contributed by atoms with van der Waals surface area (Å²) < 4.78 is 35.3. The molecule has 0 aromatic carbocycles. The lowest BCUT2D eigenvalue weighted by molar-refractivity contribution is 0.437. The van der Waals surface area contributed by atoms with Crippen LogP contribution in [0.15, 0.2) is 0 Å². The molecule has 0 bridgehead atoms. The van der Waals surface area contributed by atoms with Gasteiger partial charge in [-0.1, -0.05) is 0 Å². The van der Waals surface area contributed by atoms with Crippen molar-refractivity contribution in [3.8, 4) is 6.07 Å². The van der Waals surface area contributed by atoms with Gasteiger partial charge in [-0.2, -0.15) is 5.26 Å². The van der Waals surface area contributed by atoms with Crippen molar-refractivity contribution < 1.29 is 12.6 Å². The van der Waals surface area contributed by atoms with E-state index in [4.69, 9.17) is 5.26 Å². The van der Waals surface area contributed by atoms with Crippen LogP contribution in [-0.2, 0) is 20.8 Å². The molecule has 0 radical (unpaired) electrons.